The van der Waals surface area contributed by atoms with Crippen LogP contribution in [0.3, 0.4) is 0 Å². The van der Waals surface area contributed by atoms with Gasteiger partial charge in [-0.15, -0.1) is 0 Å². The number of nitrogens with zero attached hydrogens (tertiary/aromatic N) is 5. The Morgan fingerprint density at radius 3 is 2.45 bits per heavy atom. The van der Waals surface area contributed by atoms with Gasteiger partial charge in [-0.25, -0.2) is 4.99 Å². The molecule has 1 aliphatic rings. The van der Waals surface area contributed by atoms with Crippen molar-refractivity contribution < 1.29 is 0 Å². The molecule has 5 heteroatoms. The summed E-state index contributed by atoms with van der Waals surface area (Å²) in [6.07, 6.45) is 2.35. The lowest BCUT2D eigenvalue weighted by Crippen LogP contribution is -2.14. The van der Waals surface area contributed by atoms with E-state index < -0.39 is 0 Å². The second-order valence-electron chi connectivity index (χ2n) is 7.39. The molecule has 1 unspecified atom stereocenters. The highest BCUT2D eigenvalue weighted by atomic mass is 15.0. The zero-order valence-corrected chi connectivity index (χ0v) is 16.4. The van der Waals surface area contributed by atoms with Gasteiger partial charge in [-0.2, -0.15) is 15.8 Å². The van der Waals surface area contributed by atoms with Gasteiger partial charge in [0.2, 0.25) is 0 Å². The van der Waals surface area contributed by atoms with E-state index in [1.54, 1.807) is 6.08 Å². The van der Waals surface area contributed by atoms with Crippen LogP contribution in [0.2, 0.25) is 0 Å². The first-order valence-electron chi connectivity index (χ1n) is 9.86. The standard InChI is InChI=1S/C26H15N5/c27-14-17-8-11-26-23(12-17)22-6-1-2-7-25(22)31(26)20-5-3-4-18(13-20)21-10-9-19(15-28)30-24(21)16-29/h1-9,11-13,21H,10H2. The number of hydrogen-bond donors (Lipinski definition) is 0. The molecule has 0 bridgehead atoms. The molecule has 4 aromatic rings. The normalized spacial score (nSPS) is 15.6. The van der Waals surface area contributed by atoms with E-state index in [1.807, 2.05) is 54.6 Å². The van der Waals surface area contributed by atoms with Crippen LogP contribution in [0, 0.1) is 34.0 Å². The molecule has 0 fully saturated rings. The van der Waals surface area contributed by atoms with Gasteiger partial charge in [0.1, 0.15) is 23.5 Å². The van der Waals surface area contributed by atoms with Crippen molar-refractivity contribution in [3.8, 4) is 23.9 Å². The molecule has 0 N–H and O–H groups in total. The summed E-state index contributed by atoms with van der Waals surface area (Å²) in [5, 5.41) is 30.1. The van der Waals surface area contributed by atoms with Crippen LogP contribution >= 0.6 is 0 Å². The Labute approximate surface area is 179 Å². The summed E-state index contributed by atoms with van der Waals surface area (Å²) >= 11 is 0. The molecule has 0 aliphatic carbocycles. The largest absolute Gasteiger partial charge is 0.309 e. The number of aromatic nitrogens is 1. The van der Waals surface area contributed by atoms with Crippen molar-refractivity contribution in [3.63, 3.8) is 0 Å². The maximum atomic E-state index is 9.57. The number of hydrogen-bond acceptors (Lipinski definition) is 4. The van der Waals surface area contributed by atoms with E-state index in [0.29, 0.717) is 23.4 Å². The van der Waals surface area contributed by atoms with Gasteiger partial charge >= 0.3 is 0 Å². The number of allylic oxidation sites excluding steroid dienone is 2. The van der Waals surface area contributed by atoms with Gasteiger partial charge in [0.25, 0.3) is 0 Å². The zero-order chi connectivity index (χ0) is 21.4. The Balaban J connectivity index is 1.70. The summed E-state index contributed by atoms with van der Waals surface area (Å²) in [5.74, 6) is -0.180. The van der Waals surface area contributed by atoms with E-state index in [-0.39, 0.29) is 5.92 Å². The van der Waals surface area contributed by atoms with Gasteiger partial charge in [-0.05, 0) is 54.5 Å². The molecule has 1 aliphatic heterocycles. The van der Waals surface area contributed by atoms with Crippen molar-refractivity contribution in [2.24, 2.45) is 4.99 Å². The quantitative estimate of drug-likeness (QED) is 0.446. The lowest BCUT2D eigenvalue weighted by Gasteiger charge is -2.18. The van der Waals surface area contributed by atoms with E-state index in [0.717, 1.165) is 33.1 Å². The van der Waals surface area contributed by atoms with E-state index in [4.69, 9.17) is 5.26 Å². The van der Waals surface area contributed by atoms with Crippen LogP contribution in [0.15, 0.2) is 83.5 Å². The number of aliphatic imine (C=N–C) groups is 1. The average Bonchev–Trinajstić information content (AvgIpc) is 3.17. The van der Waals surface area contributed by atoms with Gasteiger partial charge < -0.3 is 4.57 Å². The van der Waals surface area contributed by atoms with E-state index >= 15 is 0 Å². The van der Waals surface area contributed by atoms with Crippen LogP contribution in [-0.2, 0) is 0 Å². The molecule has 0 spiro atoms. The maximum absolute atomic E-state index is 9.57. The van der Waals surface area contributed by atoms with Crippen molar-refractivity contribution in [1.82, 2.24) is 4.57 Å². The first-order chi connectivity index (χ1) is 15.2. The first kappa shape index (κ1) is 18.4. The highest BCUT2D eigenvalue weighted by Crippen LogP contribution is 2.34. The van der Waals surface area contributed by atoms with Crippen molar-refractivity contribution in [2.45, 2.75) is 12.3 Å². The Kier molecular flexibility index (Phi) is 4.33. The Bertz CT molecular complexity index is 1550. The van der Waals surface area contributed by atoms with Gasteiger partial charge in [0, 0.05) is 22.4 Å². The Morgan fingerprint density at radius 1 is 0.806 bits per heavy atom. The molecule has 5 rings (SSSR count). The maximum Gasteiger partial charge on any atom is 0.137 e. The van der Waals surface area contributed by atoms with Crippen LogP contribution in [0.25, 0.3) is 27.5 Å². The Hall–Kier alpha value is -4.66. The van der Waals surface area contributed by atoms with Gasteiger partial charge in [0.15, 0.2) is 0 Å². The van der Waals surface area contributed by atoms with Crippen LogP contribution in [0.4, 0.5) is 0 Å². The number of benzene rings is 3. The van der Waals surface area contributed by atoms with E-state index in [1.165, 1.54) is 0 Å². The van der Waals surface area contributed by atoms with Gasteiger partial charge in [-0.3, -0.25) is 0 Å². The van der Waals surface area contributed by atoms with Crippen molar-refractivity contribution >= 4 is 27.5 Å². The van der Waals surface area contributed by atoms with Gasteiger partial charge in [-0.1, -0.05) is 30.3 Å². The zero-order valence-electron chi connectivity index (χ0n) is 16.4. The Morgan fingerprint density at radius 2 is 1.65 bits per heavy atom. The molecule has 3 aromatic carbocycles. The molecule has 2 heterocycles. The van der Waals surface area contributed by atoms with Crippen LogP contribution in [0.5, 0.6) is 0 Å². The molecule has 0 saturated carbocycles. The van der Waals surface area contributed by atoms with Crippen molar-refractivity contribution in [3.05, 3.63) is 89.6 Å². The van der Waals surface area contributed by atoms with Crippen LogP contribution in [-0.4, -0.2) is 10.3 Å². The minimum atomic E-state index is -0.180. The second kappa shape index (κ2) is 7.30. The topological polar surface area (TPSA) is 88.7 Å². The fourth-order valence-corrected chi connectivity index (χ4v) is 4.26. The monoisotopic (exact) mass is 397 g/mol. The van der Waals surface area contributed by atoms with E-state index in [2.05, 4.69) is 39.9 Å². The van der Waals surface area contributed by atoms with Crippen LogP contribution < -0.4 is 0 Å². The highest BCUT2D eigenvalue weighted by Gasteiger charge is 2.22. The lowest BCUT2D eigenvalue weighted by atomic mass is 9.89. The molecular weight excluding hydrogens is 382 g/mol. The molecule has 144 valence electrons. The molecule has 5 nitrogen and oxygen atoms in total. The van der Waals surface area contributed by atoms with E-state index in [9.17, 15) is 10.5 Å². The lowest BCUT2D eigenvalue weighted by molar-refractivity contribution is 0.883. The first-order valence-corrected chi connectivity index (χ1v) is 9.86. The summed E-state index contributed by atoms with van der Waals surface area (Å²) in [6, 6.07) is 28.4. The smallest absolute Gasteiger partial charge is 0.137 e. The minimum Gasteiger partial charge on any atom is -0.309 e. The molecule has 0 amide bonds. The number of fused-ring (bicyclic) bond motifs is 3. The fourth-order valence-electron chi connectivity index (χ4n) is 4.26. The third-order valence-electron chi connectivity index (χ3n) is 5.68. The number of nitriles is 3. The van der Waals surface area contributed by atoms with Gasteiger partial charge in [0.05, 0.1) is 22.7 Å². The molecular formula is C26H15N5. The SMILES string of the molecule is N#CC1=CCC(c2cccc(-n3c4ccccc4c4cc(C#N)ccc43)c2)C(C#N)=N1. The molecule has 1 atom stereocenters. The predicted octanol–water partition coefficient (Wildman–Crippen LogP) is 5.51. The summed E-state index contributed by atoms with van der Waals surface area (Å²) in [6.45, 7) is 0. The summed E-state index contributed by atoms with van der Waals surface area (Å²) in [4.78, 5) is 4.21. The fraction of sp³-hybridized carbons (Fsp3) is 0.0769. The predicted molar refractivity (Wildman–Crippen MR) is 120 cm³/mol. The second-order valence-corrected chi connectivity index (χ2v) is 7.39. The van der Waals surface area contributed by atoms with Crippen molar-refractivity contribution in [1.29, 1.82) is 15.8 Å². The van der Waals surface area contributed by atoms with Crippen LogP contribution in [0.1, 0.15) is 23.5 Å². The third-order valence-corrected chi connectivity index (χ3v) is 5.68. The third kappa shape index (κ3) is 2.96. The number of para-hydroxylation sites is 1. The number of rotatable bonds is 2. The van der Waals surface area contributed by atoms with Crippen molar-refractivity contribution in [2.75, 3.05) is 0 Å². The highest BCUT2D eigenvalue weighted by molar-refractivity contribution is 6.09. The average molecular weight is 397 g/mol. The summed E-state index contributed by atoms with van der Waals surface area (Å²) in [5.41, 5.74) is 5.29. The molecule has 0 radical (unpaired) electrons. The molecule has 1 aromatic heterocycles. The minimum absolute atomic E-state index is 0.180. The summed E-state index contributed by atoms with van der Waals surface area (Å²) in [7, 11) is 0. The summed E-state index contributed by atoms with van der Waals surface area (Å²) < 4.78 is 2.18. The molecule has 31 heavy (non-hydrogen) atoms. The molecule has 0 saturated heterocycles.